The molecule has 3 heterocycles. The third-order valence-electron chi connectivity index (χ3n) is 6.48. The van der Waals surface area contributed by atoms with E-state index < -0.39 is 64.1 Å². The van der Waals surface area contributed by atoms with Gasteiger partial charge in [0.2, 0.25) is 0 Å². The van der Waals surface area contributed by atoms with Crippen LogP contribution in [0.15, 0.2) is 21.8 Å². The molecule has 41 heavy (non-hydrogen) atoms. The number of nitrogens with one attached hydrogen (secondary N) is 1. The largest absolute Gasteiger partial charge is 0.519 e. The maximum Gasteiger partial charge on any atom is 0.519 e. The van der Waals surface area contributed by atoms with Gasteiger partial charge in [-0.1, -0.05) is 22.4 Å². The molecule has 0 aromatic carbocycles. The lowest BCUT2D eigenvalue weighted by Gasteiger charge is -2.60. The van der Waals surface area contributed by atoms with Crippen LogP contribution in [0.4, 0.5) is 14.7 Å². The van der Waals surface area contributed by atoms with Crippen molar-refractivity contribution in [3.8, 4) is 0 Å². The van der Waals surface area contributed by atoms with Crippen LogP contribution in [0.1, 0.15) is 32.4 Å². The molecule has 1 saturated carbocycles. The van der Waals surface area contributed by atoms with E-state index >= 15 is 0 Å². The number of β-lactam (4-membered cyclic amide) rings is 1. The molecule has 0 radical (unpaired) electrons. The Labute approximate surface area is 239 Å². The molecule has 3 atom stereocenters. The zero-order valence-electron chi connectivity index (χ0n) is 22.2. The Morgan fingerprint density at radius 2 is 2.00 bits per heavy atom. The minimum absolute atomic E-state index is 0.00312. The normalized spacial score (nSPS) is 25.3. The highest BCUT2D eigenvalue weighted by Gasteiger charge is 2.63. The number of fused-ring (bicyclic) bond motifs is 1. The molecule has 1 saturated heterocycles. The van der Waals surface area contributed by atoms with Crippen molar-refractivity contribution in [3.63, 3.8) is 0 Å². The summed E-state index contributed by atoms with van der Waals surface area (Å²) >= 11 is 1.08. The highest BCUT2D eigenvalue weighted by atomic mass is 32.3. The molecule has 1 unspecified atom stereocenters. The predicted molar refractivity (Wildman–Crippen MR) is 146 cm³/mol. The van der Waals surface area contributed by atoms with Gasteiger partial charge >= 0.3 is 18.2 Å². The number of primary amides is 1. The van der Waals surface area contributed by atoms with Crippen LogP contribution in [0.3, 0.4) is 0 Å². The lowest BCUT2D eigenvalue weighted by atomic mass is 10.0. The van der Waals surface area contributed by atoms with Gasteiger partial charge in [0, 0.05) is 22.5 Å². The summed E-state index contributed by atoms with van der Waals surface area (Å²) in [6, 6.07) is -1.30. The Hall–Kier alpha value is -4.06. The number of hydrogen-bond acceptors (Lipinski definition) is 13. The number of aromatic nitrogens is 1. The molecule has 6 N–H and O–H groups in total. The van der Waals surface area contributed by atoms with Crippen LogP contribution in [0.25, 0.3) is 0 Å². The lowest BCUT2D eigenvalue weighted by Crippen LogP contribution is -2.74. The molecule has 3 aliphatic rings. The topological polar surface area (TPSA) is 235 Å². The molecule has 2 fully saturated rings. The first kappa shape index (κ1) is 29.9. The average Bonchev–Trinajstić information content (AvgIpc) is 3.65. The van der Waals surface area contributed by atoms with E-state index in [9.17, 15) is 29.1 Å². The molecular weight excluding hydrogens is 584 g/mol. The first-order valence-electron chi connectivity index (χ1n) is 12.6. The summed E-state index contributed by atoms with van der Waals surface area (Å²) in [5, 5.41) is 17.2. The van der Waals surface area contributed by atoms with Crippen LogP contribution in [0, 0.1) is 5.92 Å². The van der Waals surface area contributed by atoms with Gasteiger partial charge in [0.05, 0.1) is 6.61 Å². The maximum atomic E-state index is 13.5. The molecule has 3 amide bonds. The quantitative estimate of drug-likeness (QED) is 0.111. The number of anilines is 1. The Morgan fingerprint density at radius 3 is 2.56 bits per heavy atom. The van der Waals surface area contributed by atoms with Crippen molar-refractivity contribution in [1.82, 2.24) is 15.2 Å². The predicted octanol–water partition coefficient (Wildman–Crippen LogP) is 0.869. The SMILES string of the molecule is CCOC(=O)OS1(CC)CC(COC(N)=O)=C(C(=O)O)N2C(=O)[C@@H](NC(=O)C(=NOCC3CC3)c3csc(N)n3)[C@H]21. The molecular formula is C23H30N6O10S2. The second-order valence-electron chi connectivity index (χ2n) is 9.23. The number of nitrogens with two attached hydrogens (primary N) is 2. The summed E-state index contributed by atoms with van der Waals surface area (Å²) in [5.74, 6) is -2.78. The first-order chi connectivity index (χ1) is 19.5. The number of ether oxygens (including phenoxy) is 2. The Morgan fingerprint density at radius 1 is 1.27 bits per heavy atom. The number of aliphatic carboxylic acids is 1. The smallest absolute Gasteiger partial charge is 0.477 e. The minimum atomic E-state index is -2.74. The zero-order chi connectivity index (χ0) is 29.9. The van der Waals surface area contributed by atoms with Crippen molar-refractivity contribution in [3.05, 3.63) is 22.3 Å². The van der Waals surface area contributed by atoms with Crippen LogP contribution < -0.4 is 16.8 Å². The summed E-state index contributed by atoms with van der Waals surface area (Å²) in [4.78, 5) is 73.4. The third-order valence-corrected chi connectivity index (χ3v) is 10.8. The number of carboxylic acid groups (broad SMARTS) is 1. The molecule has 4 rings (SSSR count). The second kappa shape index (κ2) is 12.2. The van der Waals surface area contributed by atoms with E-state index in [0.29, 0.717) is 12.5 Å². The average molecular weight is 615 g/mol. The number of hydrogen-bond donors (Lipinski definition) is 4. The molecule has 0 bridgehead atoms. The highest BCUT2D eigenvalue weighted by Crippen LogP contribution is 2.63. The van der Waals surface area contributed by atoms with E-state index in [1.807, 2.05) is 0 Å². The summed E-state index contributed by atoms with van der Waals surface area (Å²) in [6.45, 7) is 3.00. The van der Waals surface area contributed by atoms with Crippen molar-refractivity contribution in [2.24, 2.45) is 16.8 Å². The fourth-order valence-corrected chi connectivity index (χ4v) is 8.35. The van der Waals surface area contributed by atoms with E-state index in [1.54, 1.807) is 13.8 Å². The van der Waals surface area contributed by atoms with Gasteiger partial charge in [-0.25, -0.2) is 19.4 Å². The van der Waals surface area contributed by atoms with Crippen LogP contribution in [0.5, 0.6) is 0 Å². The van der Waals surface area contributed by atoms with Crippen LogP contribution in [-0.2, 0) is 32.9 Å². The van der Waals surface area contributed by atoms with E-state index in [0.717, 1.165) is 29.1 Å². The molecule has 1 aliphatic carbocycles. The summed E-state index contributed by atoms with van der Waals surface area (Å²) in [6.07, 6.45) is -0.214. The fourth-order valence-electron chi connectivity index (χ4n) is 4.41. The van der Waals surface area contributed by atoms with Crippen molar-refractivity contribution in [1.29, 1.82) is 0 Å². The van der Waals surface area contributed by atoms with Gasteiger partial charge < -0.3 is 40.4 Å². The van der Waals surface area contributed by atoms with Gasteiger partial charge in [-0.3, -0.25) is 14.5 Å². The van der Waals surface area contributed by atoms with Gasteiger partial charge in [0.1, 0.15) is 36.0 Å². The van der Waals surface area contributed by atoms with Crippen molar-refractivity contribution >= 4 is 62.5 Å². The number of carbonyl (C=O) groups is 5. The van der Waals surface area contributed by atoms with Gasteiger partial charge in [-0.15, -0.1) is 11.3 Å². The van der Waals surface area contributed by atoms with E-state index in [1.165, 1.54) is 5.38 Å². The number of amides is 3. The molecule has 1 aromatic heterocycles. The molecule has 0 spiro atoms. The van der Waals surface area contributed by atoms with Crippen molar-refractivity contribution in [2.45, 2.75) is 38.1 Å². The number of oxime groups is 1. The number of nitrogens with zero attached hydrogens (tertiary/aromatic N) is 3. The van der Waals surface area contributed by atoms with E-state index in [4.69, 9.17) is 30.0 Å². The fraction of sp³-hybridized carbons (Fsp3) is 0.522. The van der Waals surface area contributed by atoms with Gasteiger partial charge in [-0.05, 0) is 25.7 Å². The number of rotatable bonds is 12. The van der Waals surface area contributed by atoms with Gasteiger partial charge in [-0.2, -0.15) is 0 Å². The number of thiazole rings is 1. The maximum absolute atomic E-state index is 13.5. The molecule has 16 nitrogen and oxygen atoms in total. The van der Waals surface area contributed by atoms with Gasteiger partial charge in [0.15, 0.2) is 10.8 Å². The van der Waals surface area contributed by atoms with Crippen molar-refractivity contribution < 1.29 is 47.6 Å². The third kappa shape index (κ3) is 6.32. The second-order valence-corrected chi connectivity index (χ2v) is 13.4. The highest BCUT2D eigenvalue weighted by molar-refractivity contribution is 8.30. The molecule has 2 aliphatic heterocycles. The lowest BCUT2D eigenvalue weighted by molar-refractivity contribution is -0.150. The minimum Gasteiger partial charge on any atom is -0.477 e. The summed E-state index contributed by atoms with van der Waals surface area (Å²) in [5.41, 5.74) is 10.3. The standard InChI is InChI=1S/C23H30N6O10S2/c1-3-36-23(35)39-41(4-2)10-12(8-37-22(25)34)16(20(32)33)29-18(31)15(19(29)41)27-17(30)14(13-9-40-21(24)26-13)28-38-7-11-5-6-11/h9,11,15,19H,3-8,10H2,1-2H3,(H2,24,26)(H2,25,34)(H,27,30)(H,32,33)/t15-,19-/m1/s1. The van der Waals surface area contributed by atoms with Crippen LogP contribution in [-0.4, -0.2) is 93.5 Å². The van der Waals surface area contributed by atoms with Crippen LogP contribution in [0.2, 0.25) is 0 Å². The van der Waals surface area contributed by atoms with Crippen molar-refractivity contribution in [2.75, 3.05) is 37.1 Å². The van der Waals surface area contributed by atoms with Crippen LogP contribution >= 0.6 is 21.6 Å². The van der Waals surface area contributed by atoms with Gasteiger partial charge in [0.25, 0.3) is 11.8 Å². The molecule has 224 valence electrons. The zero-order valence-corrected chi connectivity index (χ0v) is 23.8. The Bertz CT molecular complexity index is 1310. The first-order valence-corrected chi connectivity index (χ1v) is 15.4. The Balaban J connectivity index is 1.68. The molecule has 18 heteroatoms. The Kier molecular flexibility index (Phi) is 8.91. The van der Waals surface area contributed by atoms with E-state index in [2.05, 4.69) is 15.5 Å². The summed E-state index contributed by atoms with van der Waals surface area (Å²) in [7, 11) is -2.74. The number of carbonyl (C=O) groups excluding carboxylic acids is 4. The molecule has 1 aromatic rings. The summed E-state index contributed by atoms with van der Waals surface area (Å²) < 4.78 is 15.6. The number of nitrogen functional groups attached to an aromatic ring is 1. The van der Waals surface area contributed by atoms with E-state index in [-0.39, 0.29) is 40.2 Å². The monoisotopic (exact) mass is 614 g/mol. The number of carboxylic acids is 1.